The number of anilines is 1. The molecule has 12 heteroatoms. The third kappa shape index (κ3) is 6.97. The second kappa shape index (κ2) is 12.3. The van der Waals surface area contributed by atoms with Crippen LogP contribution in [0.3, 0.4) is 0 Å². The first kappa shape index (κ1) is 26.2. The van der Waals surface area contributed by atoms with Gasteiger partial charge >= 0.3 is 17.9 Å². The van der Waals surface area contributed by atoms with Crippen molar-refractivity contribution in [1.82, 2.24) is 0 Å². The summed E-state index contributed by atoms with van der Waals surface area (Å²) in [7, 11) is 0. The quantitative estimate of drug-likeness (QED) is 0.173. The SMILES string of the molecule is CCOC(=O)c1sc(NC(=O)COC(=O)/C=C/c2cccc([N+](=O)[O-])c2)c(C(=O)OCC)c1C. The van der Waals surface area contributed by atoms with Crippen molar-refractivity contribution in [2.24, 2.45) is 0 Å². The number of hydrogen-bond donors (Lipinski definition) is 1. The van der Waals surface area contributed by atoms with E-state index in [-0.39, 0.29) is 34.3 Å². The fourth-order valence-corrected chi connectivity index (χ4v) is 3.80. The highest BCUT2D eigenvalue weighted by molar-refractivity contribution is 7.18. The Balaban J connectivity index is 2.07. The van der Waals surface area contributed by atoms with Crippen LogP contribution in [0.1, 0.15) is 45.0 Å². The van der Waals surface area contributed by atoms with E-state index in [2.05, 4.69) is 5.32 Å². The molecule has 1 aromatic heterocycles. The van der Waals surface area contributed by atoms with Gasteiger partial charge in [0.15, 0.2) is 6.61 Å². The van der Waals surface area contributed by atoms with E-state index in [1.54, 1.807) is 19.9 Å². The first-order valence-corrected chi connectivity index (χ1v) is 10.9. The summed E-state index contributed by atoms with van der Waals surface area (Å²) in [5.74, 6) is -2.98. The zero-order valence-corrected chi connectivity index (χ0v) is 19.4. The zero-order valence-electron chi connectivity index (χ0n) is 18.6. The van der Waals surface area contributed by atoms with Crippen molar-refractivity contribution >= 4 is 51.9 Å². The van der Waals surface area contributed by atoms with E-state index >= 15 is 0 Å². The smallest absolute Gasteiger partial charge is 0.348 e. The van der Waals surface area contributed by atoms with Crippen LogP contribution in [0.5, 0.6) is 0 Å². The number of carbonyl (C=O) groups excluding carboxylic acids is 4. The van der Waals surface area contributed by atoms with Gasteiger partial charge in [-0.1, -0.05) is 12.1 Å². The van der Waals surface area contributed by atoms with E-state index < -0.39 is 35.3 Å². The van der Waals surface area contributed by atoms with Gasteiger partial charge in [0.25, 0.3) is 11.6 Å². The summed E-state index contributed by atoms with van der Waals surface area (Å²) in [4.78, 5) is 59.1. The summed E-state index contributed by atoms with van der Waals surface area (Å²) in [6.07, 6.45) is 2.32. The maximum Gasteiger partial charge on any atom is 0.348 e. The van der Waals surface area contributed by atoms with Crippen LogP contribution < -0.4 is 5.32 Å². The lowest BCUT2D eigenvalue weighted by atomic mass is 10.1. The van der Waals surface area contributed by atoms with Crippen LogP contribution in [0.2, 0.25) is 0 Å². The fraction of sp³-hybridized carbons (Fsp3) is 0.273. The van der Waals surface area contributed by atoms with Crippen molar-refractivity contribution in [3.8, 4) is 0 Å². The number of ether oxygens (including phenoxy) is 3. The number of carbonyl (C=O) groups is 4. The Hall–Kier alpha value is -4.06. The lowest BCUT2D eigenvalue weighted by Crippen LogP contribution is -2.21. The number of nitrogens with one attached hydrogen (secondary N) is 1. The summed E-state index contributed by atoms with van der Waals surface area (Å²) in [5.41, 5.74) is 0.574. The van der Waals surface area contributed by atoms with Gasteiger partial charge in [0, 0.05) is 18.2 Å². The molecule has 1 amide bonds. The molecule has 2 rings (SSSR count). The number of amides is 1. The number of nitro groups is 1. The van der Waals surface area contributed by atoms with Crippen LogP contribution in [0, 0.1) is 17.0 Å². The molecule has 1 aromatic carbocycles. The number of nitro benzene ring substituents is 1. The number of hydrogen-bond acceptors (Lipinski definition) is 10. The molecule has 11 nitrogen and oxygen atoms in total. The maximum absolute atomic E-state index is 12.4. The lowest BCUT2D eigenvalue weighted by Gasteiger charge is -2.07. The minimum atomic E-state index is -0.859. The zero-order chi connectivity index (χ0) is 25.3. The van der Waals surface area contributed by atoms with E-state index in [0.29, 0.717) is 11.1 Å². The molecule has 0 spiro atoms. The van der Waals surface area contributed by atoms with E-state index in [4.69, 9.17) is 14.2 Å². The summed E-state index contributed by atoms with van der Waals surface area (Å²) >= 11 is 0.845. The van der Waals surface area contributed by atoms with Crippen LogP contribution in [0.4, 0.5) is 10.7 Å². The molecule has 1 N–H and O–H groups in total. The molecular weight excluding hydrogens is 468 g/mol. The van der Waals surface area contributed by atoms with Crippen molar-refractivity contribution in [3.63, 3.8) is 0 Å². The molecule has 0 aliphatic heterocycles. The number of non-ortho nitro benzene ring substituents is 1. The Labute approximate surface area is 198 Å². The van der Waals surface area contributed by atoms with E-state index in [9.17, 15) is 29.3 Å². The Morgan fingerprint density at radius 2 is 1.76 bits per heavy atom. The molecule has 0 aliphatic carbocycles. The number of rotatable bonds is 10. The molecule has 2 aromatic rings. The molecule has 0 unspecified atom stereocenters. The predicted octanol–water partition coefficient (Wildman–Crippen LogP) is 3.51. The summed E-state index contributed by atoms with van der Waals surface area (Å²) in [5, 5.41) is 13.3. The Morgan fingerprint density at radius 1 is 1.09 bits per heavy atom. The van der Waals surface area contributed by atoms with Gasteiger partial charge in [-0.05, 0) is 38.0 Å². The highest BCUT2D eigenvalue weighted by Gasteiger charge is 2.27. The molecule has 34 heavy (non-hydrogen) atoms. The fourth-order valence-electron chi connectivity index (χ4n) is 2.70. The van der Waals surface area contributed by atoms with Gasteiger partial charge in [-0.2, -0.15) is 0 Å². The summed E-state index contributed by atoms with van der Waals surface area (Å²) in [6.45, 7) is 4.33. The van der Waals surface area contributed by atoms with Gasteiger partial charge < -0.3 is 19.5 Å². The summed E-state index contributed by atoms with van der Waals surface area (Å²) < 4.78 is 14.9. The Kier molecular flexibility index (Phi) is 9.44. The minimum Gasteiger partial charge on any atom is -0.462 e. The molecule has 0 saturated heterocycles. The van der Waals surface area contributed by atoms with Gasteiger partial charge in [-0.25, -0.2) is 14.4 Å². The van der Waals surface area contributed by atoms with E-state index in [1.807, 2.05) is 0 Å². The Bertz CT molecular complexity index is 1140. The van der Waals surface area contributed by atoms with Crippen molar-refractivity contribution in [2.45, 2.75) is 20.8 Å². The van der Waals surface area contributed by atoms with Crippen molar-refractivity contribution in [1.29, 1.82) is 0 Å². The number of thiophene rings is 1. The lowest BCUT2D eigenvalue weighted by molar-refractivity contribution is -0.384. The molecule has 0 atom stereocenters. The molecule has 0 saturated carbocycles. The van der Waals surface area contributed by atoms with Crippen LogP contribution in [0.15, 0.2) is 30.3 Å². The van der Waals surface area contributed by atoms with Crippen molar-refractivity contribution < 1.29 is 38.3 Å². The van der Waals surface area contributed by atoms with E-state index in [0.717, 1.165) is 17.4 Å². The standard InChI is InChI=1S/C22H22N2O9S/c1-4-31-21(27)18-13(3)19(22(28)32-5-2)34-20(18)23-16(25)12-33-17(26)10-9-14-7-6-8-15(11-14)24(29)30/h6-11H,4-5,12H2,1-3H3,(H,23,25)/b10-9+. The van der Waals surface area contributed by atoms with Gasteiger partial charge in [-0.3, -0.25) is 14.9 Å². The van der Waals surface area contributed by atoms with Crippen LogP contribution in [-0.2, 0) is 23.8 Å². The van der Waals surface area contributed by atoms with Crippen molar-refractivity contribution in [2.75, 3.05) is 25.1 Å². The highest BCUT2D eigenvalue weighted by Crippen LogP contribution is 2.34. The number of esters is 3. The van der Waals surface area contributed by atoms with Crippen molar-refractivity contribution in [3.05, 3.63) is 62.0 Å². The average Bonchev–Trinajstić information content (AvgIpc) is 3.12. The first-order chi connectivity index (χ1) is 16.2. The monoisotopic (exact) mass is 490 g/mol. The van der Waals surface area contributed by atoms with Crippen LogP contribution in [-0.4, -0.2) is 48.6 Å². The van der Waals surface area contributed by atoms with Crippen LogP contribution >= 0.6 is 11.3 Å². The Morgan fingerprint density at radius 3 is 2.41 bits per heavy atom. The topological polar surface area (TPSA) is 151 Å². The molecule has 0 bridgehead atoms. The van der Waals surface area contributed by atoms with Crippen LogP contribution in [0.25, 0.3) is 6.08 Å². The summed E-state index contributed by atoms with van der Waals surface area (Å²) in [6, 6.07) is 5.60. The predicted molar refractivity (Wildman–Crippen MR) is 123 cm³/mol. The number of nitrogens with zero attached hydrogens (tertiary/aromatic N) is 1. The molecule has 0 radical (unpaired) electrons. The maximum atomic E-state index is 12.4. The normalized spacial score (nSPS) is 10.6. The molecule has 1 heterocycles. The second-order valence-electron chi connectivity index (χ2n) is 6.54. The second-order valence-corrected chi connectivity index (χ2v) is 7.56. The first-order valence-electron chi connectivity index (χ1n) is 10.0. The van der Waals surface area contributed by atoms with E-state index in [1.165, 1.54) is 31.2 Å². The average molecular weight is 490 g/mol. The molecular formula is C22H22N2O9S. The molecule has 0 aliphatic rings. The third-order valence-electron chi connectivity index (χ3n) is 4.18. The van der Waals surface area contributed by atoms with Gasteiger partial charge in [-0.15, -0.1) is 11.3 Å². The third-order valence-corrected chi connectivity index (χ3v) is 5.37. The highest BCUT2D eigenvalue weighted by atomic mass is 32.1. The van der Waals surface area contributed by atoms with Gasteiger partial charge in [0.1, 0.15) is 9.88 Å². The molecule has 0 fully saturated rings. The molecule has 180 valence electrons. The van der Waals surface area contributed by atoms with Gasteiger partial charge in [0.2, 0.25) is 0 Å². The van der Waals surface area contributed by atoms with Gasteiger partial charge in [0.05, 0.1) is 23.7 Å². The minimum absolute atomic E-state index is 0.0140. The number of benzene rings is 1. The largest absolute Gasteiger partial charge is 0.462 e.